The number of benzene rings is 3. The van der Waals surface area contributed by atoms with Crippen LogP contribution in [0, 0.1) is 5.92 Å². The number of rotatable bonds is 6. The summed E-state index contributed by atoms with van der Waals surface area (Å²) in [4.78, 5) is 27.3. The number of phenols is 1. The van der Waals surface area contributed by atoms with Crippen LogP contribution in [0.2, 0.25) is 0 Å². The molecular weight excluding hydrogens is 487 g/mol. The Morgan fingerprint density at radius 2 is 1.70 bits per heavy atom. The van der Waals surface area contributed by atoms with Gasteiger partial charge in [0.2, 0.25) is 0 Å². The van der Waals surface area contributed by atoms with Gasteiger partial charge in [0, 0.05) is 11.3 Å². The highest BCUT2D eigenvalue weighted by Gasteiger charge is 2.47. The van der Waals surface area contributed by atoms with Gasteiger partial charge in [-0.25, -0.2) is 0 Å². The summed E-state index contributed by atoms with van der Waals surface area (Å²) in [5.41, 5.74) is -1.09. The number of aliphatic hydroxyl groups excluding tert-OH is 1. The number of ketones is 1. The summed E-state index contributed by atoms with van der Waals surface area (Å²) in [7, 11) is 0. The normalized spacial score (nSPS) is 17.5. The summed E-state index contributed by atoms with van der Waals surface area (Å²) in [6.07, 6.45) is -4.68. The van der Waals surface area contributed by atoms with Crippen LogP contribution in [0.4, 0.5) is 18.9 Å². The molecule has 9 heteroatoms. The number of Topliss-reactive ketones (excluding diaryl/α,β-unsaturated/α-hetero) is 1. The van der Waals surface area contributed by atoms with E-state index in [0.29, 0.717) is 12.4 Å². The topological polar surface area (TPSA) is 87.1 Å². The lowest BCUT2D eigenvalue weighted by molar-refractivity contribution is -0.137. The van der Waals surface area contributed by atoms with Crippen LogP contribution in [-0.4, -0.2) is 28.5 Å². The molecule has 0 aliphatic carbocycles. The van der Waals surface area contributed by atoms with E-state index in [1.807, 2.05) is 13.8 Å². The number of anilines is 1. The van der Waals surface area contributed by atoms with Gasteiger partial charge in [-0.05, 0) is 53.9 Å². The third-order valence-electron chi connectivity index (χ3n) is 5.77. The molecular formula is C28H24F3NO5. The standard InChI is InChI=1S/C28H24F3NO5/c1-16(2)15-37-22-11-4-7-18(13-22)25(34)23-24(17-6-3-10-21(33)12-17)32(27(36)26(23)35)20-9-5-8-19(14-20)28(29,30)31/h3-14,16,24,33-34H,15H2,1-2H3/b25-23+. The number of hydrogen-bond donors (Lipinski definition) is 2. The van der Waals surface area contributed by atoms with E-state index in [4.69, 9.17) is 4.74 Å². The lowest BCUT2D eigenvalue weighted by atomic mass is 9.95. The lowest BCUT2D eigenvalue weighted by Crippen LogP contribution is -2.29. The molecule has 3 aromatic carbocycles. The van der Waals surface area contributed by atoms with Crippen molar-refractivity contribution in [3.8, 4) is 11.5 Å². The number of phenolic OH excluding ortho intramolecular Hbond substituents is 1. The lowest BCUT2D eigenvalue weighted by Gasteiger charge is -2.26. The minimum atomic E-state index is -4.68. The summed E-state index contributed by atoms with van der Waals surface area (Å²) in [6, 6.07) is 14.7. The average molecular weight is 511 g/mol. The molecule has 1 aliphatic rings. The van der Waals surface area contributed by atoms with E-state index in [1.54, 1.807) is 12.1 Å². The van der Waals surface area contributed by atoms with Gasteiger partial charge in [0.25, 0.3) is 11.7 Å². The molecule has 2 N–H and O–H groups in total. The van der Waals surface area contributed by atoms with E-state index < -0.39 is 35.2 Å². The molecule has 1 amide bonds. The molecule has 1 aliphatic heterocycles. The highest BCUT2D eigenvalue weighted by molar-refractivity contribution is 6.51. The molecule has 0 spiro atoms. The Kier molecular flexibility index (Phi) is 6.98. The molecule has 4 rings (SSSR count). The minimum Gasteiger partial charge on any atom is -0.508 e. The number of alkyl halides is 3. The van der Waals surface area contributed by atoms with Crippen molar-refractivity contribution in [3.05, 3.63) is 95.1 Å². The van der Waals surface area contributed by atoms with Crippen molar-refractivity contribution in [2.75, 3.05) is 11.5 Å². The Labute approximate surface area is 211 Å². The van der Waals surface area contributed by atoms with E-state index in [9.17, 15) is 33.0 Å². The first-order valence-electron chi connectivity index (χ1n) is 11.5. The van der Waals surface area contributed by atoms with Crippen LogP contribution in [0.25, 0.3) is 5.76 Å². The van der Waals surface area contributed by atoms with Gasteiger partial charge in [-0.1, -0.05) is 44.2 Å². The maximum Gasteiger partial charge on any atom is 0.416 e. The quantitative estimate of drug-likeness (QED) is 0.238. The van der Waals surface area contributed by atoms with Crippen molar-refractivity contribution < 1.29 is 37.7 Å². The molecule has 1 heterocycles. The second-order valence-electron chi connectivity index (χ2n) is 9.04. The second-order valence-corrected chi connectivity index (χ2v) is 9.04. The fraction of sp³-hybridized carbons (Fsp3) is 0.214. The van der Waals surface area contributed by atoms with Gasteiger partial charge in [0.05, 0.1) is 23.8 Å². The molecule has 1 unspecified atom stereocenters. The number of carbonyl (C=O) groups is 2. The van der Waals surface area contributed by atoms with Gasteiger partial charge in [-0.15, -0.1) is 0 Å². The zero-order valence-corrected chi connectivity index (χ0v) is 20.0. The largest absolute Gasteiger partial charge is 0.508 e. The highest BCUT2D eigenvalue weighted by atomic mass is 19.4. The second kappa shape index (κ2) is 10.0. The van der Waals surface area contributed by atoms with Crippen LogP contribution in [0.3, 0.4) is 0 Å². The predicted octanol–water partition coefficient (Wildman–Crippen LogP) is 6.07. The molecule has 0 bridgehead atoms. The molecule has 1 atom stereocenters. The SMILES string of the molecule is CC(C)COc1cccc(/C(O)=C2\C(=O)C(=O)N(c3cccc(C(F)(F)F)c3)C2c2cccc(O)c2)c1. The molecule has 1 saturated heterocycles. The summed E-state index contributed by atoms with van der Waals surface area (Å²) >= 11 is 0. The smallest absolute Gasteiger partial charge is 0.416 e. The fourth-order valence-corrected chi connectivity index (χ4v) is 4.09. The van der Waals surface area contributed by atoms with E-state index in [0.717, 1.165) is 23.1 Å². The highest BCUT2D eigenvalue weighted by Crippen LogP contribution is 2.44. The summed E-state index contributed by atoms with van der Waals surface area (Å²) < 4.78 is 45.9. The molecule has 0 saturated carbocycles. The maximum absolute atomic E-state index is 13.4. The van der Waals surface area contributed by atoms with Crippen molar-refractivity contribution >= 4 is 23.1 Å². The van der Waals surface area contributed by atoms with Crippen molar-refractivity contribution in [3.63, 3.8) is 0 Å². The van der Waals surface area contributed by atoms with Crippen LogP contribution >= 0.6 is 0 Å². The van der Waals surface area contributed by atoms with E-state index in [2.05, 4.69) is 0 Å². The Bertz CT molecular complexity index is 1380. The van der Waals surface area contributed by atoms with Crippen molar-refractivity contribution in [2.45, 2.75) is 26.1 Å². The van der Waals surface area contributed by atoms with Gasteiger partial charge < -0.3 is 14.9 Å². The number of carbonyl (C=O) groups excluding carboxylic acids is 2. The number of amides is 1. The van der Waals surface area contributed by atoms with Gasteiger partial charge in [0.15, 0.2) is 0 Å². The summed E-state index contributed by atoms with van der Waals surface area (Å²) in [6.45, 7) is 4.34. The van der Waals surface area contributed by atoms with Gasteiger partial charge >= 0.3 is 6.18 Å². The monoisotopic (exact) mass is 511 g/mol. The van der Waals surface area contributed by atoms with Gasteiger partial charge in [0.1, 0.15) is 17.3 Å². The van der Waals surface area contributed by atoms with Crippen LogP contribution in [0.15, 0.2) is 78.4 Å². The minimum absolute atomic E-state index is 0.182. The molecule has 37 heavy (non-hydrogen) atoms. The molecule has 3 aromatic rings. The predicted molar refractivity (Wildman–Crippen MR) is 131 cm³/mol. The zero-order chi connectivity index (χ0) is 26.9. The number of ether oxygens (including phenoxy) is 1. The first-order chi connectivity index (χ1) is 17.5. The number of aliphatic hydroxyl groups is 1. The molecule has 0 aromatic heterocycles. The van der Waals surface area contributed by atoms with Crippen LogP contribution in [0.5, 0.6) is 11.5 Å². The van der Waals surface area contributed by atoms with Crippen LogP contribution in [0.1, 0.15) is 36.6 Å². The van der Waals surface area contributed by atoms with E-state index in [1.165, 1.54) is 42.5 Å². The third-order valence-corrected chi connectivity index (χ3v) is 5.77. The van der Waals surface area contributed by atoms with Crippen molar-refractivity contribution in [1.29, 1.82) is 0 Å². The van der Waals surface area contributed by atoms with Crippen molar-refractivity contribution in [2.24, 2.45) is 5.92 Å². The first kappa shape index (κ1) is 25.8. The number of aromatic hydroxyl groups is 1. The Morgan fingerprint density at radius 3 is 2.38 bits per heavy atom. The van der Waals surface area contributed by atoms with E-state index >= 15 is 0 Å². The first-order valence-corrected chi connectivity index (χ1v) is 11.5. The van der Waals surface area contributed by atoms with E-state index in [-0.39, 0.29) is 34.1 Å². The number of nitrogens with zero attached hydrogens (tertiary/aromatic N) is 1. The molecule has 192 valence electrons. The van der Waals surface area contributed by atoms with Gasteiger partial charge in [-0.3, -0.25) is 14.5 Å². The van der Waals surface area contributed by atoms with Gasteiger partial charge in [-0.2, -0.15) is 13.2 Å². The zero-order valence-electron chi connectivity index (χ0n) is 20.0. The molecule has 0 radical (unpaired) electrons. The Balaban J connectivity index is 1.89. The van der Waals surface area contributed by atoms with Crippen molar-refractivity contribution in [1.82, 2.24) is 0 Å². The molecule has 6 nitrogen and oxygen atoms in total. The summed E-state index contributed by atoms with van der Waals surface area (Å²) in [5, 5.41) is 21.3. The third kappa shape index (κ3) is 5.30. The fourth-order valence-electron chi connectivity index (χ4n) is 4.09. The summed E-state index contributed by atoms with van der Waals surface area (Å²) in [5.74, 6) is -2.22. The Morgan fingerprint density at radius 1 is 1.00 bits per heavy atom. The Hall–Kier alpha value is -4.27. The number of hydrogen-bond acceptors (Lipinski definition) is 5. The van der Waals surface area contributed by atoms with Crippen LogP contribution in [-0.2, 0) is 15.8 Å². The van der Waals surface area contributed by atoms with Crippen LogP contribution < -0.4 is 9.64 Å². The maximum atomic E-state index is 13.4. The average Bonchev–Trinajstić information content (AvgIpc) is 3.12. The molecule has 1 fully saturated rings. The number of halogens is 3.